The first-order valence-corrected chi connectivity index (χ1v) is 26.0. The lowest BCUT2D eigenvalue weighted by Gasteiger charge is -2.24. The molecule has 0 bridgehead atoms. The summed E-state index contributed by atoms with van der Waals surface area (Å²) >= 11 is 0. The summed E-state index contributed by atoms with van der Waals surface area (Å²) in [7, 11) is 1.33. The van der Waals surface area contributed by atoms with E-state index in [4.69, 9.17) is 18.5 Å². The number of allylic oxidation sites excluding steroid dienone is 10. The molecule has 11 nitrogen and oxygen atoms in total. The second-order valence-corrected chi connectivity index (χ2v) is 19.0. The van der Waals surface area contributed by atoms with Gasteiger partial charge in [0.05, 0.1) is 40.0 Å². The number of ether oxygens (including phenoxy) is 2. The lowest BCUT2D eigenvalue weighted by Crippen LogP contribution is -2.37. The van der Waals surface area contributed by atoms with Crippen LogP contribution in [0.25, 0.3) is 0 Å². The lowest BCUT2D eigenvalue weighted by molar-refractivity contribution is -0.870. The predicted molar refractivity (Wildman–Crippen MR) is 264 cm³/mol. The summed E-state index contributed by atoms with van der Waals surface area (Å²) in [6.07, 6.45) is 48.5. The van der Waals surface area contributed by atoms with Gasteiger partial charge in [-0.15, -0.1) is 0 Å². The highest BCUT2D eigenvalue weighted by Crippen LogP contribution is 2.43. The molecule has 0 aromatic heterocycles. The first kappa shape index (κ1) is 61.1. The van der Waals surface area contributed by atoms with Crippen LogP contribution in [0.3, 0.4) is 0 Å². The molecule has 0 rings (SSSR count). The minimum Gasteiger partial charge on any atom is -0.462 e. The summed E-state index contributed by atoms with van der Waals surface area (Å²) in [6, 6.07) is 0. The average Bonchev–Trinajstić information content (AvgIpc) is 3.24. The van der Waals surface area contributed by atoms with E-state index >= 15 is 0 Å². The number of hydrogen-bond donors (Lipinski definition) is 3. The lowest BCUT2D eigenvalue weighted by atomic mass is 10.1. The van der Waals surface area contributed by atoms with Crippen LogP contribution in [-0.4, -0.2) is 97.3 Å². The van der Waals surface area contributed by atoms with Crippen molar-refractivity contribution in [2.45, 2.75) is 186 Å². The monoisotopic (exact) mass is 921 g/mol. The van der Waals surface area contributed by atoms with Crippen LogP contribution in [0.5, 0.6) is 0 Å². The van der Waals surface area contributed by atoms with E-state index in [2.05, 4.69) is 26.0 Å². The summed E-state index contributed by atoms with van der Waals surface area (Å²) in [4.78, 5) is 35.5. The third-order valence-electron chi connectivity index (χ3n) is 10.1. The molecule has 64 heavy (non-hydrogen) atoms. The van der Waals surface area contributed by atoms with Crippen LogP contribution in [0.2, 0.25) is 0 Å². The summed E-state index contributed by atoms with van der Waals surface area (Å²) in [6.45, 7) is 3.99. The molecular formula is C52H91NO10P+. The van der Waals surface area contributed by atoms with Crippen molar-refractivity contribution in [3.63, 3.8) is 0 Å². The summed E-state index contributed by atoms with van der Waals surface area (Å²) < 4.78 is 34.2. The zero-order chi connectivity index (χ0) is 47.4. The Kier molecular flexibility index (Phi) is 40.8. The highest BCUT2D eigenvalue weighted by molar-refractivity contribution is 7.47. The molecule has 0 aliphatic rings. The predicted octanol–water partition coefficient (Wildman–Crippen LogP) is 12.3. The van der Waals surface area contributed by atoms with Crippen LogP contribution in [-0.2, 0) is 32.7 Å². The SMILES string of the molecule is CC/C=C\C[C@H](O)/C=C/C=C\C/C=C\C=C\[C@H](O)/C=C\CCCC(=O)O[C@H](COC(=O)CCCCCCCCCCC/C=C\CCCCCCCC)COP(=O)(O)OCC[N+](C)(C)C. The zero-order valence-electron chi connectivity index (χ0n) is 40.7. The number of phosphoric ester groups is 1. The van der Waals surface area contributed by atoms with Gasteiger partial charge < -0.3 is 29.1 Å². The van der Waals surface area contributed by atoms with Gasteiger partial charge in [-0.3, -0.25) is 18.6 Å². The molecule has 368 valence electrons. The molecule has 0 amide bonds. The standard InChI is InChI=1S/C52H90NO10P/c1-6-8-10-11-12-13-14-15-16-17-18-19-20-21-22-23-27-30-36-42-51(56)60-46-50(47-62-64(58,59)61-45-44-53(3,4)5)63-52(57)43-37-31-35-41-49(55)40-34-29-26-24-25-28-33-39-48(54)38-32-9-7-2/h9,15-16,25-26,28-29,32-35,39-41,48-50,54-55H,6-8,10-14,17-24,27,30-31,36-38,42-47H2,1-5H3/p+1/b16-15-,28-25-,29-26-,32-9-,39-33+,40-34+,41-35-/t48-,49-,50+/m0/s1. The van der Waals surface area contributed by atoms with Gasteiger partial charge in [0.25, 0.3) is 0 Å². The van der Waals surface area contributed by atoms with Crippen LogP contribution in [0.15, 0.2) is 85.1 Å². The summed E-state index contributed by atoms with van der Waals surface area (Å²) in [5.74, 6) is -0.989. The smallest absolute Gasteiger partial charge is 0.462 e. The van der Waals surface area contributed by atoms with Gasteiger partial charge >= 0.3 is 19.8 Å². The molecule has 4 atom stereocenters. The number of unbranched alkanes of at least 4 members (excludes halogenated alkanes) is 16. The number of carbonyl (C=O) groups is 2. The Morgan fingerprint density at radius 3 is 1.77 bits per heavy atom. The fourth-order valence-electron chi connectivity index (χ4n) is 6.22. The molecule has 0 saturated carbocycles. The van der Waals surface area contributed by atoms with Crippen molar-refractivity contribution < 1.29 is 52.3 Å². The normalized spacial score (nSPS) is 15.2. The number of hydrogen-bond acceptors (Lipinski definition) is 9. The average molecular weight is 921 g/mol. The van der Waals surface area contributed by atoms with Crippen LogP contribution < -0.4 is 0 Å². The maximum Gasteiger partial charge on any atom is 0.472 e. The van der Waals surface area contributed by atoms with E-state index in [0.717, 1.165) is 25.7 Å². The molecule has 0 fully saturated rings. The molecule has 0 spiro atoms. The van der Waals surface area contributed by atoms with Gasteiger partial charge in [0.1, 0.15) is 19.8 Å². The fourth-order valence-corrected chi connectivity index (χ4v) is 6.96. The van der Waals surface area contributed by atoms with E-state index in [1.54, 1.807) is 30.4 Å². The van der Waals surface area contributed by atoms with Crippen molar-refractivity contribution >= 4 is 19.8 Å². The Bertz CT molecular complexity index is 1400. The molecule has 0 radical (unpaired) electrons. The minimum atomic E-state index is -4.44. The van der Waals surface area contributed by atoms with Gasteiger partial charge in [-0.2, -0.15) is 0 Å². The van der Waals surface area contributed by atoms with Crippen LogP contribution in [0, 0.1) is 0 Å². The Balaban J connectivity index is 4.54. The number of likely N-dealkylation sites (N-methyl/N-ethyl adjacent to an activating group) is 1. The first-order valence-electron chi connectivity index (χ1n) is 24.5. The Morgan fingerprint density at radius 2 is 1.16 bits per heavy atom. The number of aliphatic hydroxyl groups excluding tert-OH is 2. The highest BCUT2D eigenvalue weighted by atomic mass is 31.2. The molecule has 0 heterocycles. The Hall–Kier alpha value is -2.89. The molecule has 1 unspecified atom stereocenters. The van der Waals surface area contributed by atoms with E-state index < -0.39 is 44.7 Å². The van der Waals surface area contributed by atoms with Crippen molar-refractivity contribution in [3.05, 3.63) is 85.1 Å². The molecule has 0 aromatic carbocycles. The maximum atomic E-state index is 12.7. The number of rotatable bonds is 43. The summed E-state index contributed by atoms with van der Waals surface area (Å²) in [5.41, 5.74) is 0. The Labute approximate surface area is 389 Å². The topological polar surface area (TPSA) is 149 Å². The number of phosphoric acid groups is 1. The van der Waals surface area contributed by atoms with Gasteiger partial charge in [0, 0.05) is 12.8 Å². The van der Waals surface area contributed by atoms with Crippen LogP contribution >= 0.6 is 7.82 Å². The molecule has 3 N–H and O–H groups in total. The highest BCUT2D eigenvalue weighted by Gasteiger charge is 2.27. The molecule has 12 heteroatoms. The fraction of sp³-hybridized carbons (Fsp3) is 0.692. The largest absolute Gasteiger partial charge is 0.472 e. The first-order chi connectivity index (χ1) is 30.8. The van der Waals surface area contributed by atoms with Crippen molar-refractivity contribution in [1.29, 1.82) is 0 Å². The molecule has 0 aromatic rings. The van der Waals surface area contributed by atoms with E-state index in [1.807, 2.05) is 63.7 Å². The van der Waals surface area contributed by atoms with E-state index in [0.29, 0.717) is 43.1 Å². The second-order valence-electron chi connectivity index (χ2n) is 17.5. The maximum absolute atomic E-state index is 12.7. The van der Waals surface area contributed by atoms with Gasteiger partial charge in [0.2, 0.25) is 0 Å². The quantitative estimate of drug-likeness (QED) is 0.0135. The van der Waals surface area contributed by atoms with Crippen LogP contribution in [0.4, 0.5) is 0 Å². The number of aliphatic hydroxyl groups is 2. The number of carbonyl (C=O) groups excluding carboxylic acids is 2. The van der Waals surface area contributed by atoms with Gasteiger partial charge in [-0.25, -0.2) is 4.57 Å². The van der Waals surface area contributed by atoms with Crippen molar-refractivity contribution in [3.8, 4) is 0 Å². The number of nitrogens with zero attached hydrogens (tertiary/aromatic N) is 1. The summed E-state index contributed by atoms with van der Waals surface area (Å²) in [5, 5.41) is 20.1. The molecule has 0 aliphatic carbocycles. The van der Waals surface area contributed by atoms with E-state index in [1.165, 1.54) is 83.5 Å². The van der Waals surface area contributed by atoms with E-state index in [-0.39, 0.29) is 26.1 Å². The minimum absolute atomic E-state index is 0.0106. The second kappa shape index (κ2) is 42.7. The van der Waals surface area contributed by atoms with Crippen molar-refractivity contribution in [2.75, 3.05) is 47.5 Å². The molecular weight excluding hydrogens is 830 g/mol. The van der Waals surface area contributed by atoms with Crippen LogP contribution in [0.1, 0.15) is 168 Å². The van der Waals surface area contributed by atoms with Gasteiger partial charge in [-0.05, 0) is 64.2 Å². The number of quaternary nitrogens is 1. The molecule has 0 saturated heterocycles. The van der Waals surface area contributed by atoms with Crippen molar-refractivity contribution in [1.82, 2.24) is 0 Å². The van der Waals surface area contributed by atoms with E-state index in [9.17, 15) is 29.3 Å². The zero-order valence-corrected chi connectivity index (χ0v) is 41.6. The van der Waals surface area contributed by atoms with Crippen molar-refractivity contribution in [2.24, 2.45) is 0 Å². The third-order valence-corrected chi connectivity index (χ3v) is 11.1. The Morgan fingerprint density at radius 1 is 0.594 bits per heavy atom. The van der Waals surface area contributed by atoms with Gasteiger partial charge in [0.15, 0.2) is 6.10 Å². The van der Waals surface area contributed by atoms with Gasteiger partial charge in [-0.1, -0.05) is 176 Å². The number of esters is 2. The molecule has 0 aliphatic heterocycles. The third kappa shape index (κ3) is 45.7.